The smallest absolute Gasteiger partial charge is 0.291 e. The van der Waals surface area contributed by atoms with Crippen molar-refractivity contribution in [1.29, 1.82) is 0 Å². The zero-order valence-electron chi connectivity index (χ0n) is 15.2. The molecule has 1 amide bonds. The van der Waals surface area contributed by atoms with E-state index in [0.717, 1.165) is 11.1 Å². The number of hydrogen-bond donors (Lipinski definition) is 0. The first-order valence-corrected chi connectivity index (χ1v) is 9.52. The molecule has 0 radical (unpaired) electrons. The van der Waals surface area contributed by atoms with Crippen molar-refractivity contribution in [2.45, 2.75) is 12.6 Å². The second-order valence-corrected chi connectivity index (χ2v) is 7.35. The van der Waals surface area contributed by atoms with Gasteiger partial charge in [0.25, 0.3) is 5.91 Å². The van der Waals surface area contributed by atoms with Crippen LogP contribution in [0.25, 0.3) is 11.0 Å². The predicted molar refractivity (Wildman–Crippen MR) is 110 cm³/mol. The van der Waals surface area contributed by atoms with Crippen LogP contribution >= 0.6 is 11.6 Å². The number of hydrogen-bond acceptors (Lipinski definition) is 4. The standard InChI is InChI=1S/C23H15ClN2O3/c24-16-5-3-4-15(12-16)20-19-21(27)17-6-1-2-7-18(17)29-22(19)23(28)26(20)13-14-8-10-25-11-9-14/h1-12,20H,13H2/t20-/m1/s1. The second kappa shape index (κ2) is 6.87. The van der Waals surface area contributed by atoms with Gasteiger partial charge in [0.1, 0.15) is 5.58 Å². The molecule has 29 heavy (non-hydrogen) atoms. The number of nitrogens with zero attached hydrogens (tertiary/aromatic N) is 2. The minimum Gasteiger partial charge on any atom is -0.450 e. The summed E-state index contributed by atoms with van der Waals surface area (Å²) in [5.41, 5.74) is 2.23. The summed E-state index contributed by atoms with van der Waals surface area (Å²) >= 11 is 6.22. The molecule has 0 bridgehead atoms. The van der Waals surface area contributed by atoms with E-state index in [-0.39, 0.29) is 17.1 Å². The highest BCUT2D eigenvalue weighted by atomic mass is 35.5. The Morgan fingerprint density at radius 2 is 1.79 bits per heavy atom. The van der Waals surface area contributed by atoms with Gasteiger partial charge < -0.3 is 9.32 Å². The number of carbonyl (C=O) groups is 1. The lowest BCUT2D eigenvalue weighted by molar-refractivity contribution is 0.0714. The van der Waals surface area contributed by atoms with Crippen molar-refractivity contribution < 1.29 is 9.21 Å². The second-order valence-electron chi connectivity index (χ2n) is 6.92. The molecule has 0 fully saturated rings. The fourth-order valence-electron chi connectivity index (χ4n) is 3.84. The van der Waals surface area contributed by atoms with Gasteiger partial charge in [-0.15, -0.1) is 0 Å². The Morgan fingerprint density at radius 1 is 1.00 bits per heavy atom. The van der Waals surface area contributed by atoms with Gasteiger partial charge in [-0.25, -0.2) is 0 Å². The summed E-state index contributed by atoms with van der Waals surface area (Å²) in [6.07, 6.45) is 3.35. The highest BCUT2D eigenvalue weighted by molar-refractivity contribution is 6.30. The number of halogens is 1. The maximum absolute atomic E-state index is 13.4. The van der Waals surface area contributed by atoms with Crippen molar-refractivity contribution in [2.24, 2.45) is 0 Å². The number of carbonyl (C=O) groups excluding carboxylic acids is 1. The largest absolute Gasteiger partial charge is 0.450 e. The number of aromatic nitrogens is 1. The molecule has 3 heterocycles. The van der Waals surface area contributed by atoms with E-state index in [1.54, 1.807) is 53.7 Å². The molecule has 1 atom stereocenters. The van der Waals surface area contributed by atoms with Crippen molar-refractivity contribution in [3.05, 3.63) is 111 Å². The van der Waals surface area contributed by atoms with Crippen LogP contribution < -0.4 is 5.43 Å². The number of benzene rings is 2. The first-order chi connectivity index (χ1) is 14.1. The summed E-state index contributed by atoms with van der Waals surface area (Å²) in [7, 11) is 0. The zero-order chi connectivity index (χ0) is 20.0. The molecule has 6 heteroatoms. The lowest BCUT2D eigenvalue weighted by Gasteiger charge is -2.25. The van der Waals surface area contributed by atoms with Gasteiger partial charge in [-0.2, -0.15) is 0 Å². The van der Waals surface area contributed by atoms with Crippen molar-refractivity contribution in [2.75, 3.05) is 0 Å². The Balaban J connectivity index is 1.74. The molecule has 2 aromatic heterocycles. The minimum absolute atomic E-state index is 0.0905. The highest BCUT2D eigenvalue weighted by Crippen LogP contribution is 2.39. The SMILES string of the molecule is O=C1c2oc3ccccc3c(=O)c2[C@@H](c2cccc(Cl)c2)N1Cc1ccncc1. The third-order valence-corrected chi connectivity index (χ3v) is 5.37. The lowest BCUT2D eigenvalue weighted by Crippen LogP contribution is -2.29. The summed E-state index contributed by atoms with van der Waals surface area (Å²) in [5.74, 6) is -0.225. The van der Waals surface area contributed by atoms with Gasteiger partial charge in [-0.3, -0.25) is 14.6 Å². The molecule has 5 rings (SSSR count). The number of amides is 1. The van der Waals surface area contributed by atoms with Crippen LogP contribution in [0, 0.1) is 0 Å². The zero-order valence-corrected chi connectivity index (χ0v) is 16.0. The van der Waals surface area contributed by atoms with E-state index in [1.807, 2.05) is 24.3 Å². The lowest BCUT2D eigenvalue weighted by atomic mass is 9.98. The van der Waals surface area contributed by atoms with Gasteiger partial charge in [-0.05, 0) is 47.5 Å². The van der Waals surface area contributed by atoms with Crippen LogP contribution in [0.5, 0.6) is 0 Å². The number of rotatable bonds is 3. The average molecular weight is 403 g/mol. The van der Waals surface area contributed by atoms with Gasteiger partial charge >= 0.3 is 0 Å². The molecular weight excluding hydrogens is 388 g/mol. The Labute approximate surface area is 171 Å². The van der Waals surface area contributed by atoms with Crippen LogP contribution in [0.15, 0.2) is 82.3 Å². The van der Waals surface area contributed by atoms with Crippen molar-refractivity contribution in [1.82, 2.24) is 9.88 Å². The molecule has 5 nitrogen and oxygen atoms in total. The van der Waals surface area contributed by atoms with Crippen molar-refractivity contribution >= 4 is 28.5 Å². The monoisotopic (exact) mass is 402 g/mol. The molecule has 0 N–H and O–H groups in total. The van der Waals surface area contributed by atoms with Crippen LogP contribution in [0.3, 0.4) is 0 Å². The van der Waals surface area contributed by atoms with Crippen molar-refractivity contribution in [3.63, 3.8) is 0 Å². The van der Waals surface area contributed by atoms with Crippen LogP contribution in [0.4, 0.5) is 0 Å². The molecule has 1 aliphatic heterocycles. The van der Waals surface area contributed by atoms with E-state index in [1.165, 1.54) is 0 Å². The molecule has 0 aliphatic carbocycles. The normalized spacial score (nSPS) is 15.7. The van der Waals surface area contributed by atoms with Crippen LogP contribution in [-0.2, 0) is 6.54 Å². The molecule has 142 valence electrons. The first-order valence-electron chi connectivity index (χ1n) is 9.14. The van der Waals surface area contributed by atoms with Gasteiger partial charge in [-0.1, -0.05) is 35.9 Å². The molecular formula is C23H15ClN2O3. The Morgan fingerprint density at radius 3 is 2.59 bits per heavy atom. The number of fused-ring (bicyclic) bond motifs is 2. The van der Waals surface area contributed by atoms with E-state index >= 15 is 0 Å². The van der Waals surface area contributed by atoms with E-state index in [0.29, 0.717) is 28.1 Å². The molecule has 0 saturated heterocycles. The molecule has 0 spiro atoms. The van der Waals surface area contributed by atoms with E-state index in [9.17, 15) is 9.59 Å². The summed E-state index contributed by atoms with van der Waals surface area (Å²) in [4.78, 5) is 32.3. The predicted octanol–water partition coefficient (Wildman–Crippen LogP) is 4.59. The maximum atomic E-state index is 13.4. The van der Waals surface area contributed by atoms with E-state index in [4.69, 9.17) is 16.0 Å². The third-order valence-electron chi connectivity index (χ3n) is 5.14. The highest BCUT2D eigenvalue weighted by Gasteiger charge is 2.42. The number of para-hydroxylation sites is 1. The van der Waals surface area contributed by atoms with Crippen LogP contribution in [-0.4, -0.2) is 15.8 Å². The Kier molecular flexibility index (Phi) is 4.18. The first kappa shape index (κ1) is 17.6. The molecule has 0 unspecified atom stereocenters. The van der Waals surface area contributed by atoms with Crippen molar-refractivity contribution in [3.8, 4) is 0 Å². The van der Waals surface area contributed by atoms with E-state index < -0.39 is 6.04 Å². The summed E-state index contributed by atoms with van der Waals surface area (Å²) in [6.45, 7) is 0.318. The quantitative estimate of drug-likeness (QED) is 0.503. The Bertz CT molecular complexity index is 1300. The van der Waals surface area contributed by atoms with Crippen LogP contribution in [0.1, 0.15) is 33.3 Å². The third kappa shape index (κ3) is 2.91. The fraction of sp³-hybridized carbons (Fsp3) is 0.0870. The van der Waals surface area contributed by atoms with Gasteiger partial charge in [0.05, 0.1) is 17.0 Å². The maximum Gasteiger partial charge on any atom is 0.291 e. The molecule has 4 aromatic rings. The summed E-state index contributed by atoms with van der Waals surface area (Å²) in [5, 5.41) is 0.995. The number of pyridine rings is 1. The van der Waals surface area contributed by atoms with Gasteiger partial charge in [0.2, 0.25) is 5.76 Å². The minimum atomic E-state index is -0.578. The summed E-state index contributed by atoms with van der Waals surface area (Å²) < 4.78 is 5.91. The van der Waals surface area contributed by atoms with E-state index in [2.05, 4.69) is 4.98 Å². The van der Waals surface area contributed by atoms with Gasteiger partial charge in [0, 0.05) is 24.0 Å². The van der Waals surface area contributed by atoms with Crippen LogP contribution in [0.2, 0.25) is 5.02 Å². The fourth-order valence-corrected chi connectivity index (χ4v) is 4.04. The average Bonchev–Trinajstić information content (AvgIpc) is 3.01. The van der Waals surface area contributed by atoms with Gasteiger partial charge in [0.15, 0.2) is 5.43 Å². The molecule has 0 saturated carbocycles. The Hall–Kier alpha value is -3.44. The molecule has 2 aromatic carbocycles. The topological polar surface area (TPSA) is 63.4 Å². The summed E-state index contributed by atoms with van der Waals surface area (Å²) in [6, 6.07) is 17.3. The molecule has 1 aliphatic rings.